The molecule has 2 rings (SSSR count). The highest BCUT2D eigenvalue weighted by atomic mass is 127. The Labute approximate surface area is 145 Å². The second kappa shape index (κ2) is 7.16. The summed E-state index contributed by atoms with van der Waals surface area (Å²) in [5, 5.41) is 0. The molecule has 0 atom stereocenters. The van der Waals surface area contributed by atoms with Gasteiger partial charge in [-0.15, -0.1) is 0 Å². The first-order valence-corrected chi connectivity index (χ1v) is 8.73. The molecule has 0 N–H and O–H groups in total. The number of hydrogen-bond donors (Lipinski definition) is 0. The molecule has 0 aromatic carbocycles. The number of carbonyl (C=O) groups is 1. The van der Waals surface area contributed by atoms with Crippen LogP contribution in [0.4, 0.5) is 4.79 Å². The Morgan fingerprint density at radius 1 is 1.50 bits per heavy atom. The van der Waals surface area contributed by atoms with Gasteiger partial charge >= 0.3 is 6.09 Å². The molecule has 1 fully saturated rings. The first-order valence-electron chi connectivity index (χ1n) is 7.65. The predicted octanol–water partition coefficient (Wildman–Crippen LogP) is 3.05. The molecule has 1 aromatic rings. The minimum absolute atomic E-state index is 0.273. The van der Waals surface area contributed by atoms with E-state index in [1.165, 1.54) is 4.73 Å². The van der Waals surface area contributed by atoms with E-state index in [1.807, 2.05) is 27.7 Å². The van der Waals surface area contributed by atoms with Crippen LogP contribution in [0.5, 0.6) is 0 Å². The first kappa shape index (κ1) is 17.5. The van der Waals surface area contributed by atoms with E-state index in [4.69, 9.17) is 9.57 Å². The van der Waals surface area contributed by atoms with Crippen molar-refractivity contribution in [1.29, 1.82) is 0 Å². The summed E-state index contributed by atoms with van der Waals surface area (Å²) in [6.45, 7) is 9.99. The van der Waals surface area contributed by atoms with E-state index in [1.54, 1.807) is 11.1 Å². The average molecular weight is 421 g/mol. The number of nitrogens with zero attached hydrogens (tertiary/aromatic N) is 3. The zero-order chi connectivity index (χ0) is 16.3. The van der Waals surface area contributed by atoms with E-state index in [2.05, 4.69) is 27.6 Å². The normalized spacial score (nSPS) is 16.6. The van der Waals surface area contributed by atoms with Crippen LogP contribution in [0.25, 0.3) is 0 Å². The van der Waals surface area contributed by atoms with Crippen LogP contribution >= 0.6 is 22.6 Å². The van der Waals surface area contributed by atoms with Crippen molar-refractivity contribution in [2.75, 3.05) is 19.8 Å². The summed E-state index contributed by atoms with van der Waals surface area (Å²) in [5.41, 5.74) is -0.279. The summed E-state index contributed by atoms with van der Waals surface area (Å²) >= 11 is 2.14. The van der Waals surface area contributed by atoms with Gasteiger partial charge < -0.3 is 14.5 Å². The Morgan fingerprint density at radius 3 is 2.68 bits per heavy atom. The lowest BCUT2D eigenvalue weighted by atomic mass is 10.00. The van der Waals surface area contributed by atoms with E-state index in [-0.39, 0.29) is 17.6 Å². The van der Waals surface area contributed by atoms with Crippen LogP contribution in [0.3, 0.4) is 0 Å². The standard InChI is InChI=1S/C15H24IN3O3/c1-5-18(15(2,3)4)14(20)22-19-10-12(16)17-13(19)11-6-8-21-9-7-11/h10-11H,5-9H2,1-4H3. The van der Waals surface area contributed by atoms with Crippen molar-refractivity contribution in [1.82, 2.24) is 14.6 Å². The van der Waals surface area contributed by atoms with Crippen LogP contribution in [-0.4, -0.2) is 46.0 Å². The smallest absolute Gasteiger partial charge is 0.381 e. The highest BCUT2D eigenvalue weighted by molar-refractivity contribution is 14.1. The maximum Gasteiger partial charge on any atom is 0.435 e. The average Bonchev–Trinajstić information content (AvgIpc) is 2.79. The molecule has 6 nitrogen and oxygen atoms in total. The van der Waals surface area contributed by atoms with E-state index in [0.717, 1.165) is 35.6 Å². The number of hydrogen-bond acceptors (Lipinski definition) is 4. The first-order chi connectivity index (χ1) is 10.3. The molecule has 7 heteroatoms. The van der Waals surface area contributed by atoms with Gasteiger partial charge in [0.2, 0.25) is 0 Å². The van der Waals surface area contributed by atoms with Gasteiger partial charge in [0.15, 0.2) is 0 Å². The number of amides is 1. The summed E-state index contributed by atoms with van der Waals surface area (Å²) < 4.78 is 7.76. The Morgan fingerprint density at radius 2 is 2.14 bits per heavy atom. The Balaban J connectivity index is 2.17. The fourth-order valence-electron chi connectivity index (χ4n) is 2.66. The fraction of sp³-hybridized carbons (Fsp3) is 0.733. The van der Waals surface area contributed by atoms with Gasteiger partial charge in [0.25, 0.3) is 0 Å². The van der Waals surface area contributed by atoms with E-state index >= 15 is 0 Å². The molecule has 0 aliphatic carbocycles. The number of carbonyl (C=O) groups excluding carboxylic acids is 1. The lowest BCUT2D eigenvalue weighted by molar-refractivity contribution is 0.0520. The Kier molecular flexibility index (Phi) is 5.70. The van der Waals surface area contributed by atoms with Gasteiger partial charge in [-0.05, 0) is 63.1 Å². The monoisotopic (exact) mass is 421 g/mol. The molecule has 1 saturated heterocycles. The molecule has 1 aromatic heterocycles. The van der Waals surface area contributed by atoms with Crippen LogP contribution in [0.1, 0.15) is 52.3 Å². The molecular formula is C15H24IN3O3. The lowest BCUT2D eigenvalue weighted by Gasteiger charge is -2.33. The summed E-state index contributed by atoms with van der Waals surface area (Å²) in [4.78, 5) is 24.3. The molecule has 0 radical (unpaired) electrons. The molecule has 0 bridgehead atoms. The molecule has 1 aliphatic rings. The molecular weight excluding hydrogens is 397 g/mol. The third-order valence-corrected chi connectivity index (χ3v) is 4.30. The summed E-state index contributed by atoms with van der Waals surface area (Å²) in [5.74, 6) is 1.08. The summed E-state index contributed by atoms with van der Waals surface area (Å²) in [7, 11) is 0. The summed E-state index contributed by atoms with van der Waals surface area (Å²) in [6, 6.07) is 0. The third-order valence-electron chi connectivity index (χ3n) is 3.78. The number of rotatable bonds is 3. The van der Waals surface area contributed by atoms with Gasteiger partial charge in [-0.1, -0.05) is 0 Å². The lowest BCUT2D eigenvalue weighted by Crippen LogP contribution is -2.48. The fourth-order valence-corrected chi connectivity index (χ4v) is 3.16. The minimum Gasteiger partial charge on any atom is -0.381 e. The van der Waals surface area contributed by atoms with Gasteiger partial charge in [-0.25, -0.2) is 9.78 Å². The highest BCUT2D eigenvalue weighted by Crippen LogP contribution is 2.26. The van der Waals surface area contributed by atoms with Gasteiger partial charge in [0.05, 0.1) is 6.20 Å². The van der Waals surface area contributed by atoms with Crippen molar-refractivity contribution in [3.05, 3.63) is 15.7 Å². The number of halogens is 1. The minimum atomic E-state index is -0.350. The maximum absolute atomic E-state index is 12.5. The van der Waals surface area contributed by atoms with Crippen molar-refractivity contribution < 1.29 is 14.4 Å². The van der Waals surface area contributed by atoms with Crippen molar-refractivity contribution in [2.45, 2.75) is 52.0 Å². The van der Waals surface area contributed by atoms with Crippen molar-refractivity contribution >= 4 is 28.7 Å². The van der Waals surface area contributed by atoms with E-state index < -0.39 is 0 Å². The van der Waals surface area contributed by atoms with E-state index in [0.29, 0.717) is 6.54 Å². The second-order valence-electron chi connectivity index (χ2n) is 6.41. The SMILES string of the molecule is CCN(C(=O)On1cc(I)nc1C1CCOCC1)C(C)(C)C. The second-order valence-corrected chi connectivity index (χ2v) is 7.51. The van der Waals surface area contributed by atoms with Gasteiger partial charge in [-0.2, -0.15) is 4.73 Å². The topological polar surface area (TPSA) is 56.6 Å². The third kappa shape index (κ3) is 4.13. The van der Waals surface area contributed by atoms with Crippen molar-refractivity contribution in [3.8, 4) is 0 Å². The maximum atomic E-state index is 12.5. The molecule has 1 amide bonds. The van der Waals surface area contributed by atoms with Crippen LogP contribution in [-0.2, 0) is 4.74 Å². The van der Waals surface area contributed by atoms with Crippen LogP contribution in [0.2, 0.25) is 0 Å². The van der Waals surface area contributed by atoms with Crippen molar-refractivity contribution in [3.63, 3.8) is 0 Å². The highest BCUT2D eigenvalue weighted by Gasteiger charge is 2.29. The number of aromatic nitrogens is 2. The Bertz CT molecular complexity index is 519. The van der Waals surface area contributed by atoms with E-state index in [9.17, 15) is 4.79 Å². The molecule has 0 saturated carbocycles. The molecule has 1 aliphatic heterocycles. The molecule has 2 heterocycles. The van der Waals surface area contributed by atoms with Crippen LogP contribution < -0.4 is 4.84 Å². The predicted molar refractivity (Wildman–Crippen MR) is 91.8 cm³/mol. The number of imidazole rings is 1. The zero-order valence-electron chi connectivity index (χ0n) is 13.6. The van der Waals surface area contributed by atoms with Crippen LogP contribution in [0, 0.1) is 3.70 Å². The quantitative estimate of drug-likeness (QED) is 0.705. The Hall–Kier alpha value is -0.830. The number of ether oxygens (including phenoxy) is 1. The van der Waals surface area contributed by atoms with Gasteiger partial charge in [0, 0.05) is 31.2 Å². The summed E-state index contributed by atoms with van der Waals surface area (Å²) in [6.07, 6.45) is 3.22. The molecule has 22 heavy (non-hydrogen) atoms. The molecule has 0 spiro atoms. The van der Waals surface area contributed by atoms with Gasteiger partial charge in [0.1, 0.15) is 9.53 Å². The largest absolute Gasteiger partial charge is 0.435 e. The molecule has 124 valence electrons. The van der Waals surface area contributed by atoms with Crippen molar-refractivity contribution in [2.24, 2.45) is 0 Å². The van der Waals surface area contributed by atoms with Gasteiger partial charge in [-0.3, -0.25) is 0 Å². The molecule has 0 unspecified atom stereocenters. The van der Waals surface area contributed by atoms with Crippen LogP contribution in [0.15, 0.2) is 6.20 Å². The zero-order valence-corrected chi connectivity index (χ0v) is 15.8.